The van der Waals surface area contributed by atoms with Crippen LogP contribution in [0.15, 0.2) is 36.4 Å². The monoisotopic (exact) mass is 321 g/mol. The lowest BCUT2D eigenvalue weighted by atomic mass is 9.99. The molecule has 1 heterocycles. The first-order chi connectivity index (χ1) is 10.1. The molecule has 1 aromatic heterocycles. The van der Waals surface area contributed by atoms with Crippen LogP contribution < -0.4 is 4.74 Å². The molecule has 0 unspecified atom stereocenters. The summed E-state index contributed by atoms with van der Waals surface area (Å²) in [6.45, 7) is 0. The van der Waals surface area contributed by atoms with Crippen molar-refractivity contribution in [2.24, 2.45) is 0 Å². The topological polar surface area (TPSA) is 22.1 Å². The third kappa shape index (κ3) is 3.32. The first kappa shape index (κ1) is 16.1. The quantitative estimate of drug-likeness (QED) is 0.742. The van der Waals surface area contributed by atoms with Crippen LogP contribution in [0.4, 0.5) is 26.3 Å². The number of aromatic nitrogens is 1. The van der Waals surface area contributed by atoms with Gasteiger partial charge in [-0.1, -0.05) is 18.2 Å². The minimum atomic E-state index is -4.80. The Morgan fingerprint density at radius 3 is 2.09 bits per heavy atom. The Balaban J connectivity index is 2.68. The number of pyridine rings is 1. The molecule has 0 N–H and O–H groups in total. The zero-order chi connectivity index (χ0) is 16.5. The van der Waals surface area contributed by atoms with Gasteiger partial charge < -0.3 is 4.74 Å². The fourth-order valence-electron chi connectivity index (χ4n) is 1.89. The number of benzene rings is 1. The summed E-state index contributed by atoms with van der Waals surface area (Å²) in [4.78, 5) is 3.21. The Kier molecular flexibility index (Phi) is 4.04. The maximum absolute atomic E-state index is 13.0. The third-order valence-electron chi connectivity index (χ3n) is 2.84. The van der Waals surface area contributed by atoms with E-state index >= 15 is 0 Å². The van der Waals surface area contributed by atoms with Crippen molar-refractivity contribution in [2.45, 2.75) is 12.4 Å². The van der Waals surface area contributed by atoms with Crippen LogP contribution in [0.1, 0.15) is 11.3 Å². The molecule has 118 valence electrons. The van der Waals surface area contributed by atoms with Gasteiger partial charge in [0.2, 0.25) is 5.88 Å². The summed E-state index contributed by atoms with van der Waals surface area (Å²) < 4.78 is 82.0. The molecule has 0 radical (unpaired) electrons. The third-order valence-corrected chi connectivity index (χ3v) is 2.84. The molecule has 0 aliphatic rings. The van der Waals surface area contributed by atoms with Gasteiger partial charge >= 0.3 is 12.4 Å². The van der Waals surface area contributed by atoms with Gasteiger partial charge in [-0.2, -0.15) is 26.3 Å². The second kappa shape index (κ2) is 5.51. The normalized spacial score (nSPS) is 12.3. The average molecular weight is 321 g/mol. The maximum Gasteiger partial charge on any atom is 0.433 e. The summed E-state index contributed by atoms with van der Waals surface area (Å²) in [6.07, 6.45) is -9.48. The minimum Gasteiger partial charge on any atom is -0.481 e. The number of hydrogen-bond acceptors (Lipinski definition) is 2. The smallest absolute Gasteiger partial charge is 0.433 e. The lowest BCUT2D eigenvalue weighted by Crippen LogP contribution is -2.10. The molecule has 0 aliphatic carbocycles. The number of nitrogens with zero attached hydrogens (tertiary/aromatic N) is 1. The van der Waals surface area contributed by atoms with Crippen LogP contribution in [0, 0.1) is 0 Å². The lowest BCUT2D eigenvalue weighted by molar-refractivity contribution is -0.141. The maximum atomic E-state index is 13.0. The van der Waals surface area contributed by atoms with Crippen molar-refractivity contribution in [2.75, 3.05) is 7.11 Å². The van der Waals surface area contributed by atoms with E-state index in [4.69, 9.17) is 0 Å². The molecule has 0 saturated carbocycles. The molecule has 0 atom stereocenters. The molecule has 1 aromatic carbocycles. The van der Waals surface area contributed by atoms with Gasteiger partial charge in [-0.25, -0.2) is 4.98 Å². The van der Waals surface area contributed by atoms with Crippen molar-refractivity contribution in [3.63, 3.8) is 0 Å². The van der Waals surface area contributed by atoms with Gasteiger partial charge in [0, 0.05) is 6.07 Å². The second-order valence-corrected chi connectivity index (χ2v) is 4.32. The average Bonchev–Trinajstić information content (AvgIpc) is 2.45. The van der Waals surface area contributed by atoms with Crippen LogP contribution in [0.3, 0.4) is 0 Å². The van der Waals surface area contributed by atoms with E-state index in [0.29, 0.717) is 6.07 Å². The number of halogens is 6. The van der Waals surface area contributed by atoms with Crippen LogP contribution in [-0.2, 0) is 12.4 Å². The predicted molar refractivity (Wildman–Crippen MR) is 66.2 cm³/mol. The fourth-order valence-corrected chi connectivity index (χ4v) is 1.89. The standard InChI is InChI=1S/C14H9F6NO/c1-22-12-7-8(6-11(21-12)14(18,19)20)9-4-2-3-5-10(9)13(15,16)17/h2-7H,1H3. The van der Waals surface area contributed by atoms with Gasteiger partial charge in [-0.3, -0.25) is 0 Å². The molecule has 0 bridgehead atoms. The number of rotatable bonds is 2. The zero-order valence-electron chi connectivity index (χ0n) is 11.1. The predicted octanol–water partition coefficient (Wildman–Crippen LogP) is 4.79. The van der Waals surface area contributed by atoms with E-state index < -0.39 is 29.5 Å². The highest BCUT2D eigenvalue weighted by Crippen LogP contribution is 2.39. The highest BCUT2D eigenvalue weighted by Gasteiger charge is 2.36. The summed E-state index contributed by atoms with van der Waals surface area (Å²) >= 11 is 0. The van der Waals surface area contributed by atoms with Crippen molar-refractivity contribution in [1.82, 2.24) is 4.98 Å². The van der Waals surface area contributed by atoms with Crippen molar-refractivity contribution >= 4 is 0 Å². The van der Waals surface area contributed by atoms with Crippen molar-refractivity contribution in [1.29, 1.82) is 0 Å². The van der Waals surface area contributed by atoms with E-state index in [2.05, 4.69) is 9.72 Å². The summed E-state index contributed by atoms with van der Waals surface area (Å²) in [6, 6.07) is 5.96. The Morgan fingerprint density at radius 1 is 0.909 bits per heavy atom. The van der Waals surface area contributed by atoms with Gasteiger partial charge in [0.15, 0.2) is 0 Å². The molecule has 0 spiro atoms. The lowest BCUT2D eigenvalue weighted by Gasteiger charge is -2.15. The molecule has 22 heavy (non-hydrogen) atoms. The van der Waals surface area contributed by atoms with Crippen LogP contribution in [0.25, 0.3) is 11.1 Å². The van der Waals surface area contributed by atoms with E-state index in [0.717, 1.165) is 31.4 Å². The van der Waals surface area contributed by atoms with Crippen LogP contribution >= 0.6 is 0 Å². The molecule has 0 aliphatic heterocycles. The van der Waals surface area contributed by atoms with E-state index in [9.17, 15) is 26.3 Å². The molecule has 2 nitrogen and oxygen atoms in total. The van der Waals surface area contributed by atoms with Gasteiger partial charge in [-0.15, -0.1) is 0 Å². The summed E-state index contributed by atoms with van der Waals surface area (Å²) in [5.74, 6) is -0.415. The molecule has 2 rings (SSSR count). The van der Waals surface area contributed by atoms with Gasteiger partial charge in [0.1, 0.15) is 5.69 Å². The van der Waals surface area contributed by atoms with Gasteiger partial charge in [0.05, 0.1) is 12.7 Å². The van der Waals surface area contributed by atoms with E-state index in [1.165, 1.54) is 6.07 Å². The first-order valence-corrected chi connectivity index (χ1v) is 5.93. The number of hydrogen-bond donors (Lipinski definition) is 0. The Bertz CT molecular complexity index is 678. The number of alkyl halides is 6. The molecule has 0 fully saturated rings. The number of ether oxygens (including phenoxy) is 1. The van der Waals surface area contributed by atoms with Gasteiger partial charge in [0.25, 0.3) is 0 Å². The number of methoxy groups -OCH3 is 1. The fraction of sp³-hybridized carbons (Fsp3) is 0.214. The second-order valence-electron chi connectivity index (χ2n) is 4.32. The molecular formula is C14H9F6NO. The van der Waals surface area contributed by atoms with Crippen molar-refractivity contribution < 1.29 is 31.1 Å². The van der Waals surface area contributed by atoms with E-state index in [-0.39, 0.29) is 11.1 Å². The molecule has 0 saturated heterocycles. The van der Waals surface area contributed by atoms with Crippen molar-refractivity contribution in [3.8, 4) is 17.0 Å². The molecule has 0 amide bonds. The van der Waals surface area contributed by atoms with Gasteiger partial charge in [-0.05, 0) is 23.3 Å². The highest BCUT2D eigenvalue weighted by molar-refractivity contribution is 5.69. The molecule has 2 aromatic rings. The highest BCUT2D eigenvalue weighted by atomic mass is 19.4. The van der Waals surface area contributed by atoms with Crippen LogP contribution in [0.5, 0.6) is 5.88 Å². The summed E-state index contributed by atoms with van der Waals surface area (Å²) in [5.41, 5.74) is -3.00. The van der Waals surface area contributed by atoms with Crippen LogP contribution in [-0.4, -0.2) is 12.1 Å². The first-order valence-electron chi connectivity index (χ1n) is 5.93. The Hall–Kier alpha value is -2.25. The minimum absolute atomic E-state index is 0.271. The largest absolute Gasteiger partial charge is 0.481 e. The summed E-state index contributed by atoms with van der Waals surface area (Å²) in [5, 5.41) is 0. The Morgan fingerprint density at radius 2 is 1.55 bits per heavy atom. The molecule has 8 heteroatoms. The van der Waals surface area contributed by atoms with E-state index in [1.807, 2.05) is 0 Å². The SMILES string of the molecule is COc1cc(-c2ccccc2C(F)(F)F)cc(C(F)(F)F)n1. The Labute approximate surface area is 121 Å². The molecular weight excluding hydrogens is 312 g/mol. The van der Waals surface area contributed by atoms with E-state index in [1.54, 1.807) is 0 Å². The zero-order valence-corrected chi connectivity index (χ0v) is 11.1. The summed E-state index contributed by atoms with van der Waals surface area (Å²) in [7, 11) is 1.09. The van der Waals surface area contributed by atoms with Crippen molar-refractivity contribution in [3.05, 3.63) is 47.7 Å². The van der Waals surface area contributed by atoms with Crippen LogP contribution in [0.2, 0.25) is 0 Å².